The van der Waals surface area contributed by atoms with Crippen LogP contribution in [0.3, 0.4) is 0 Å². The van der Waals surface area contributed by atoms with Crippen LogP contribution in [0.5, 0.6) is 0 Å². The Bertz CT molecular complexity index is 724. The molecular weight excluding hydrogens is 270 g/mol. The van der Waals surface area contributed by atoms with Crippen molar-refractivity contribution in [1.29, 1.82) is 0 Å². The van der Waals surface area contributed by atoms with E-state index in [1.165, 1.54) is 17.7 Å². The molecule has 3 aromatic rings. The first kappa shape index (κ1) is 11.5. The molecule has 0 atom stereocenters. The standard InChI is InChI=1S/C10H7N5O3S/c16-15(17)10-6(11-3-8-12-4-18-14-8)1-2-7-9(10)13-5-19-7/h1-2,4-5,11H,3H2. The number of nitrogens with one attached hydrogen (secondary N) is 1. The molecule has 0 bridgehead atoms. The number of nitro benzene ring substituents is 1. The SMILES string of the molecule is O=[N+]([O-])c1c(NCc2ncon2)ccc2scnc12. The summed E-state index contributed by atoms with van der Waals surface area (Å²) in [7, 11) is 0. The monoisotopic (exact) mass is 277 g/mol. The highest BCUT2D eigenvalue weighted by molar-refractivity contribution is 7.16. The van der Waals surface area contributed by atoms with Crippen LogP contribution in [0.2, 0.25) is 0 Å². The van der Waals surface area contributed by atoms with Crippen LogP contribution in [0.1, 0.15) is 5.82 Å². The fraction of sp³-hybridized carbons (Fsp3) is 0.100. The molecule has 2 heterocycles. The topological polar surface area (TPSA) is 107 Å². The van der Waals surface area contributed by atoms with E-state index in [9.17, 15) is 10.1 Å². The zero-order valence-corrected chi connectivity index (χ0v) is 10.3. The third-order valence-electron chi connectivity index (χ3n) is 2.50. The first-order valence-electron chi connectivity index (χ1n) is 5.25. The molecular formula is C10H7N5O3S. The lowest BCUT2D eigenvalue weighted by Crippen LogP contribution is -2.04. The Hall–Kier alpha value is -2.55. The van der Waals surface area contributed by atoms with E-state index in [0.29, 0.717) is 17.0 Å². The molecule has 9 heteroatoms. The predicted molar refractivity (Wildman–Crippen MR) is 67.9 cm³/mol. The normalized spacial score (nSPS) is 10.7. The van der Waals surface area contributed by atoms with Gasteiger partial charge in [0.2, 0.25) is 6.39 Å². The average molecular weight is 277 g/mol. The van der Waals surface area contributed by atoms with Crippen molar-refractivity contribution in [2.24, 2.45) is 0 Å². The summed E-state index contributed by atoms with van der Waals surface area (Å²) in [6.45, 7) is 0.243. The van der Waals surface area contributed by atoms with Gasteiger partial charge < -0.3 is 9.84 Å². The van der Waals surface area contributed by atoms with Gasteiger partial charge in [0, 0.05) is 0 Å². The molecule has 0 spiro atoms. The first-order chi connectivity index (χ1) is 9.25. The Balaban J connectivity index is 1.97. The van der Waals surface area contributed by atoms with Gasteiger partial charge in [-0.1, -0.05) is 5.16 Å². The van der Waals surface area contributed by atoms with E-state index in [4.69, 9.17) is 0 Å². The second-order valence-corrected chi connectivity index (χ2v) is 4.51. The molecule has 1 N–H and O–H groups in total. The fourth-order valence-electron chi connectivity index (χ4n) is 1.69. The van der Waals surface area contributed by atoms with Crippen LogP contribution in [0, 0.1) is 10.1 Å². The molecule has 0 saturated carbocycles. The number of nitrogens with zero attached hydrogens (tertiary/aromatic N) is 4. The molecule has 96 valence electrons. The van der Waals surface area contributed by atoms with Crippen molar-refractivity contribution in [2.75, 3.05) is 5.32 Å². The van der Waals surface area contributed by atoms with Gasteiger partial charge in [0.25, 0.3) is 0 Å². The van der Waals surface area contributed by atoms with Gasteiger partial charge in [-0.25, -0.2) is 4.98 Å². The van der Waals surface area contributed by atoms with Gasteiger partial charge in [0.1, 0.15) is 5.69 Å². The fourth-order valence-corrected chi connectivity index (χ4v) is 2.37. The molecule has 0 fully saturated rings. The van der Waals surface area contributed by atoms with Crippen molar-refractivity contribution in [3.8, 4) is 0 Å². The number of hydrogen-bond acceptors (Lipinski definition) is 8. The summed E-state index contributed by atoms with van der Waals surface area (Å²) in [6.07, 6.45) is 1.20. The summed E-state index contributed by atoms with van der Waals surface area (Å²) in [5, 5.41) is 17.7. The highest BCUT2D eigenvalue weighted by Gasteiger charge is 2.20. The Kier molecular flexibility index (Phi) is 2.80. The number of anilines is 1. The van der Waals surface area contributed by atoms with Crippen LogP contribution in [-0.2, 0) is 6.54 Å². The second kappa shape index (κ2) is 4.61. The molecule has 0 radical (unpaired) electrons. The van der Waals surface area contributed by atoms with Crippen molar-refractivity contribution in [3.63, 3.8) is 0 Å². The number of aromatic nitrogens is 3. The maximum Gasteiger partial charge on any atom is 0.319 e. The smallest absolute Gasteiger partial charge is 0.319 e. The molecule has 0 aliphatic rings. The Morgan fingerprint density at radius 3 is 3.05 bits per heavy atom. The zero-order valence-electron chi connectivity index (χ0n) is 9.44. The largest absolute Gasteiger partial charge is 0.372 e. The quantitative estimate of drug-likeness (QED) is 0.575. The minimum absolute atomic E-state index is 0.0396. The highest BCUT2D eigenvalue weighted by Crippen LogP contribution is 2.34. The lowest BCUT2D eigenvalue weighted by atomic mass is 10.2. The second-order valence-electron chi connectivity index (χ2n) is 3.62. The van der Waals surface area contributed by atoms with Crippen molar-refractivity contribution in [2.45, 2.75) is 6.54 Å². The summed E-state index contributed by atoms with van der Waals surface area (Å²) in [6, 6.07) is 3.44. The third-order valence-corrected chi connectivity index (χ3v) is 3.30. The van der Waals surface area contributed by atoms with Crippen LogP contribution in [-0.4, -0.2) is 20.0 Å². The van der Waals surface area contributed by atoms with E-state index in [1.54, 1.807) is 17.6 Å². The summed E-state index contributed by atoms with van der Waals surface area (Å²) in [5.74, 6) is 0.424. The van der Waals surface area contributed by atoms with Crippen LogP contribution < -0.4 is 5.32 Å². The van der Waals surface area contributed by atoms with Crippen molar-refractivity contribution < 1.29 is 9.45 Å². The van der Waals surface area contributed by atoms with E-state index < -0.39 is 4.92 Å². The summed E-state index contributed by atoms with van der Waals surface area (Å²) in [5.41, 5.74) is 2.31. The number of hydrogen-bond donors (Lipinski definition) is 1. The Morgan fingerprint density at radius 1 is 1.42 bits per heavy atom. The van der Waals surface area contributed by atoms with Gasteiger partial charge in [0.15, 0.2) is 11.3 Å². The maximum atomic E-state index is 11.2. The van der Waals surface area contributed by atoms with Crippen LogP contribution in [0.15, 0.2) is 28.6 Å². The summed E-state index contributed by atoms with van der Waals surface area (Å²) >= 11 is 1.36. The first-order valence-corrected chi connectivity index (χ1v) is 6.13. The molecule has 0 saturated heterocycles. The summed E-state index contributed by atoms with van der Waals surface area (Å²) < 4.78 is 5.37. The molecule has 1 aromatic carbocycles. The van der Waals surface area contributed by atoms with Crippen molar-refractivity contribution >= 4 is 32.9 Å². The van der Waals surface area contributed by atoms with Gasteiger partial charge in [-0.2, -0.15) is 4.98 Å². The van der Waals surface area contributed by atoms with E-state index in [1.807, 2.05) is 0 Å². The molecule has 0 aliphatic heterocycles. The van der Waals surface area contributed by atoms with E-state index in [0.717, 1.165) is 4.70 Å². The van der Waals surface area contributed by atoms with Crippen molar-refractivity contribution in [3.05, 3.63) is 40.0 Å². The lowest BCUT2D eigenvalue weighted by molar-refractivity contribution is -0.382. The van der Waals surface area contributed by atoms with Gasteiger partial charge >= 0.3 is 5.69 Å². The minimum atomic E-state index is -0.444. The van der Waals surface area contributed by atoms with E-state index >= 15 is 0 Å². The number of fused-ring (bicyclic) bond motifs is 1. The average Bonchev–Trinajstić information content (AvgIpc) is 3.06. The number of benzene rings is 1. The van der Waals surface area contributed by atoms with Crippen LogP contribution in [0.4, 0.5) is 11.4 Å². The Morgan fingerprint density at radius 2 is 2.32 bits per heavy atom. The molecule has 19 heavy (non-hydrogen) atoms. The van der Waals surface area contributed by atoms with E-state index in [2.05, 4.69) is 25.0 Å². The molecule has 0 amide bonds. The molecule has 8 nitrogen and oxygen atoms in total. The number of rotatable bonds is 4. The van der Waals surface area contributed by atoms with Gasteiger partial charge in [-0.3, -0.25) is 10.1 Å². The van der Waals surface area contributed by atoms with Gasteiger partial charge in [0.05, 0.1) is 21.7 Å². The zero-order chi connectivity index (χ0) is 13.2. The molecule has 0 unspecified atom stereocenters. The highest BCUT2D eigenvalue weighted by atomic mass is 32.1. The summed E-state index contributed by atoms with van der Waals surface area (Å²) in [4.78, 5) is 18.6. The maximum absolute atomic E-state index is 11.2. The third kappa shape index (κ3) is 2.10. The molecule has 3 rings (SSSR count). The van der Waals surface area contributed by atoms with Gasteiger partial charge in [-0.15, -0.1) is 11.3 Å². The predicted octanol–water partition coefficient (Wildman–Crippen LogP) is 2.20. The Labute approximate surface area is 110 Å². The van der Waals surface area contributed by atoms with Crippen LogP contribution >= 0.6 is 11.3 Å². The lowest BCUT2D eigenvalue weighted by Gasteiger charge is -2.04. The van der Waals surface area contributed by atoms with Gasteiger partial charge in [-0.05, 0) is 12.1 Å². The minimum Gasteiger partial charge on any atom is -0.372 e. The van der Waals surface area contributed by atoms with Crippen molar-refractivity contribution in [1.82, 2.24) is 15.1 Å². The van der Waals surface area contributed by atoms with E-state index in [-0.39, 0.29) is 12.2 Å². The number of nitro groups is 1. The molecule has 0 aliphatic carbocycles. The van der Waals surface area contributed by atoms with Crippen LogP contribution in [0.25, 0.3) is 10.2 Å². The molecule has 2 aromatic heterocycles. The number of thiazole rings is 1.